The molecule has 2 nitrogen and oxygen atoms in total. The van der Waals surface area contributed by atoms with Gasteiger partial charge in [-0.3, -0.25) is 0 Å². The van der Waals surface area contributed by atoms with Crippen molar-refractivity contribution < 1.29 is 4.74 Å². The second-order valence-corrected chi connectivity index (χ2v) is 7.19. The van der Waals surface area contributed by atoms with Crippen molar-refractivity contribution in [3.8, 4) is 5.75 Å². The number of hydrogen-bond donors (Lipinski definition) is 1. The maximum absolute atomic E-state index is 5.75. The summed E-state index contributed by atoms with van der Waals surface area (Å²) in [5.41, 5.74) is 6.93. The quantitative estimate of drug-likeness (QED) is 0.588. The molecule has 0 saturated heterocycles. The van der Waals surface area contributed by atoms with Crippen molar-refractivity contribution in [1.82, 2.24) is 0 Å². The lowest BCUT2D eigenvalue weighted by atomic mass is 9.94. The standard InChI is InChI=1S/C23H29NOS/c1-7-9-18-12-19(11-10-16(18)5)24-23(26)21-14-20(15(3)4)22(25-6)13-17(21)8-2/h7,9-15H,8H2,1-6H3,(H,24,26)/b9-7-. The van der Waals surface area contributed by atoms with Crippen LogP contribution in [0.25, 0.3) is 6.08 Å². The molecule has 1 N–H and O–H groups in total. The monoisotopic (exact) mass is 367 g/mol. The predicted molar refractivity (Wildman–Crippen MR) is 118 cm³/mol. The summed E-state index contributed by atoms with van der Waals surface area (Å²) in [4.78, 5) is 0.752. The van der Waals surface area contributed by atoms with E-state index in [1.807, 2.05) is 6.92 Å². The van der Waals surface area contributed by atoms with E-state index in [2.05, 4.69) is 75.5 Å². The van der Waals surface area contributed by atoms with E-state index in [4.69, 9.17) is 17.0 Å². The van der Waals surface area contributed by atoms with Crippen LogP contribution in [0.4, 0.5) is 5.69 Å². The maximum atomic E-state index is 5.75. The van der Waals surface area contributed by atoms with Crippen molar-refractivity contribution in [2.75, 3.05) is 12.4 Å². The lowest BCUT2D eigenvalue weighted by Gasteiger charge is -2.18. The molecule has 0 amide bonds. The molecule has 0 aliphatic rings. The Balaban J connectivity index is 2.40. The fraction of sp³-hybridized carbons (Fsp3) is 0.348. The number of allylic oxidation sites excluding steroid dienone is 1. The van der Waals surface area contributed by atoms with Crippen molar-refractivity contribution in [3.05, 3.63) is 64.2 Å². The van der Waals surface area contributed by atoms with Gasteiger partial charge in [-0.2, -0.15) is 0 Å². The number of nitrogens with one attached hydrogen (secondary N) is 1. The number of anilines is 1. The van der Waals surface area contributed by atoms with Gasteiger partial charge < -0.3 is 10.1 Å². The molecule has 26 heavy (non-hydrogen) atoms. The molecular formula is C23H29NOS. The van der Waals surface area contributed by atoms with Gasteiger partial charge in [0.1, 0.15) is 10.7 Å². The van der Waals surface area contributed by atoms with Gasteiger partial charge in [0, 0.05) is 11.3 Å². The molecule has 0 fully saturated rings. The minimum absolute atomic E-state index is 0.373. The van der Waals surface area contributed by atoms with Crippen LogP contribution in [-0.2, 0) is 6.42 Å². The third-order valence-corrected chi connectivity index (χ3v) is 4.91. The number of methoxy groups -OCH3 is 1. The van der Waals surface area contributed by atoms with E-state index in [9.17, 15) is 0 Å². The van der Waals surface area contributed by atoms with Crippen LogP contribution < -0.4 is 10.1 Å². The van der Waals surface area contributed by atoms with Gasteiger partial charge in [-0.15, -0.1) is 0 Å². The van der Waals surface area contributed by atoms with Crippen LogP contribution in [0.1, 0.15) is 61.4 Å². The van der Waals surface area contributed by atoms with E-state index in [0.29, 0.717) is 5.92 Å². The molecule has 0 aliphatic heterocycles. The Morgan fingerprint density at radius 2 is 1.96 bits per heavy atom. The number of thiocarbonyl (C=S) groups is 1. The molecule has 2 rings (SSSR count). The molecule has 0 heterocycles. The van der Waals surface area contributed by atoms with E-state index in [1.165, 1.54) is 22.3 Å². The highest BCUT2D eigenvalue weighted by Gasteiger charge is 2.15. The lowest BCUT2D eigenvalue weighted by molar-refractivity contribution is 0.407. The molecule has 3 heteroatoms. The molecule has 138 valence electrons. The van der Waals surface area contributed by atoms with Crippen molar-refractivity contribution >= 4 is 29.0 Å². The van der Waals surface area contributed by atoms with E-state index < -0.39 is 0 Å². The lowest BCUT2D eigenvalue weighted by Crippen LogP contribution is -2.14. The number of benzene rings is 2. The molecule has 0 aliphatic carbocycles. The van der Waals surface area contributed by atoms with Crippen LogP contribution in [0, 0.1) is 6.92 Å². The number of aryl methyl sites for hydroxylation is 2. The van der Waals surface area contributed by atoms with Crippen LogP contribution in [0.3, 0.4) is 0 Å². The summed E-state index contributed by atoms with van der Waals surface area (Å²) in [7, 11) is 1.73. The van der Waals surface area contributed by atoms with E-state index in [1.54, 1.807) is 7.11 Å². The van der Waals surface area contributed by atoms with E-state index in [0.717, 1.165) is 28.4 Å². The first-order chi connectivity index (χ1) is 12.4. The average molecular weight is 368 g/mol. The highest BCUT2D eigenvalue weighted by molar-refractivity contribution is 7.81. The summed E-state index contributed by atoms with van der Waals surface area (Å²) in [6.45, 7) is 10.6. The van der Waals surface area contributed by atoms with Crippen molar-refractivity contribution in [3.63, 3.8) is 0 Å². The third kappa shape index (κ3) is 4.53. The molecule has 0 saturated carbocycles. The number of ether oxygens (including phenoxy) is 1. The second kappa shape index (κ2) is 9.00. The summed E-state index contributed by atoms with van der Waals surface area (Å²) in [5, 5.41) is 3.42. The topological polar surface area (TPSA) is 21.3 Å². The van der Waals surface area contributed by atoms with Gasteiger partial charge >= 0.3 is 0 Å². The zero-order valence-corrected chi connectivity index (χ0v) is 17.5. The Morgan fingerprint density at radius 3 is 2.54 bits per heavy atom. The molecule has 0 atom stereocenters. The fourth-order valence-electron chi connectivity index (χ4n) is 3.05. The summed E-state index contributed by atoms with van der Waals surface area (Å²) >= 11 is 5.75. The van der Waals surface area contributed by atoms with E-state index in [-0.39, 0.29) is 0 Å². The Morgan fingerprint density at radius 1 is 1.23 bits per heavy atom. The van der Waals surface area contributed by atoms with Gasteiger partial charge in [-0.25, -0.2) is 0 Å². The molecular weight excluding hydrogens is 338 g/mol. The largest absolute Gasteiger partial charge is 0.496 e. The zero-order chi connectivity index (χ0) is 19.3. The molecule has 0 spiro atoms. The smallest absolute Gasteiger partial charge is 0.122 e. The normalized spacial score (nSPS) is 11.2. The predicted octanol–water partition coefficient (Wildman–Crippen LogP) is 6.51. The van der Waals surface area contributed by atoms with Gasteiger partial charge in [-0.1, -0.05) is 51.2 Å². The molecule has 0 unspecified atom stereocenters. The van der Waals surface area contributed by atoms with Crippen LogP contribution in [0.2, 0.25) is 0 Å². The van der Waals surface area contributed by atoms with Crippen LogP contribution in [0.15, 0.2) is 36.4 Å². The molecule has 0 radical (unpaired) electrons. The highest BCUT2D eigenvalue weighted by Crippen LogP contribution is 2.31. The molecule has 0 bridgehead atoms. The first-order valence-corrected chi connectivity index (χ1v) is 9.57. The maximum Gasteiger partial charge on any atom is 0.122 e. The Labute approximate surface area is 163 Å². The van der Waals surface area contributed by atoms with Crippen LogP contribution in [0.5, 0.6) is 5.75 Å². The SMILES string of the molecule is C/C=C\c1cc(NC(=S)c2cc(C(C)C)c(OC)cc2CC)ccc1C. The van der Waals surface area contributed by atoms with Gasteiger partial charge in [0.15, 0.2) is 0 Å². The highest BCUT2D eigenvalue weighted by atomic mass is 32.1. The molecule has 2 aromatic carbocycles. The minimum atomic E-state index is 0.373. The van der Waals surface area contributed by atoms with Crippen molar-refractivity contribution in [1.29, 1.82) is 0 Å². The Kier molecular flexibility index (Phi) is 6.98. The van der Waals surface area contributed by atoms with Gasteiger partial charge in [0.05, 0.1) is 7.11 Å². The third-order valence-electron chi connectivity index (χ3n) is 4.59. The zero-order valence-electron chi connectivity index (χ0n) is 16.6. The van der Waals surface area contributed by atoms with Gasteiger partial charge in [0.2, 0.25) is 0 Å². The summed E-state index contributed by atoms with van der Waals surface area (Å²) < 4.78 is 5.59. The fourth-order valence-corrected chi connectivity index (χ4v) is 3.35. The second-order valence-electron chi connectivity index (χ2n) is 6.79. The van der Waals surface area contributed by atoms with Gasteiger partial charge in [-0.05, 0) is 72.7 Å². The first-order valence-electron chi connectivity index (χ1n) is 9.16. The average Bonchev–Trinajstić information content (AvgIpc) is 2.63. The van der Waals surface area contributed by atoms with Crippen LogP contribution in [-0.4, -0.2) is 12.1 Å². The Hall–Kier alpha value is -2.13. The van der Waals surface area contributed by atoms with Gasteiger partial charge in [0.25, 0.3) is 0 Å². The first kappa shape index (κ1) is 20.2. The van der Waals surface area contributed by atoms with Crippen molar-refractivity contribution in [2.45, 2.75) is 47.0 Å². The summed E-state index contributed by atoms with van der Waals surface area (Å²) in [5.74, 6) is 1.31. The number of hydrogen-bond acceptors (Lipinski definition) is 2. The number of rotatable bonds is 6. The minimum Gasteiger partial charge on any atom is -0.496 e. The molecule has 2 aromatic rings. The van der Waals surface area contributed by atoms with Crippen LogP contribution >= 0.6 is 12.2 Å². The van der Waals surface area contributed by atoms with Crippen molar-refractivity contribution in [2.24, 2.45) is 0 Å². The van der Waals surface area contributed by atoms with E-state index >= 15 is 0 Å². The summed E-state index contributed by atoms with van der Waals surface area (Å²) in [6, 6.07) is 10.6. The molecule has 0 aromatic heterocycles. The summed E-state index contributed by atoms with van der Waals surface area (Å²) in [6.07, 6.45) is 5.08. The Bertz CT molecular complexity index is 821.